The Labute approximate surface area is 158 Å². The van der Waals surface area contributed by atoms with Gasteiger partial charge in [0.15, 0.2) is 0 Å². The third kappa shape index (κ3) is 14.3. The van der Waals surface area contributed by atoms with Crippen molar-refractivity contribution in [1.82, 2.24) is 5.32 Å². The Balaban J connectivity index is 4.46. The predicted octanol–water partition coefficient (Wildman–Crippen LogP) is 7.12. The van der Waals surface area contributed by atoms with Crippen molar-refractivity contribution in [2.24, 2.45) is 16.7 Å². The molecule has 0 heterocycles. The first-order chi connectivity index (χ1) is 11.6. The van der Waals surface area contributed by atoms with Crippen LogP contribution in [0.2, 0.25) is 0 Å². The Morgan fingerprint density at radius 3 is 1.68 bits per heavy atom. The van der Waals surface area contributed by atoms with E-state index in [-0.39, 0.29) is 11.3 Å². The van der Waals surface area contributed by atoms with Crippen molar-refractivity contribution in [3.63, 3.8) is 0 Å². The molecule has 0 spiro atoms. The number of hydrogen-bond acceptors (Lipinski definition) is 1. The minimum Gasteiger partial charge on any atom is -0.355 e. The molecular formula is C23H47NO. The van der Waals surface area contributed by atoms with E-state index in [1.165, 1.54) is 51.4 Å². The molecule has 0 atom stereocenters. The zero-order valence-electron chi connectivity index (χ0n) is 18.5. The van der Waals surface area contributed by atoms with E-state index in [2.05, 4.69) is 53.8 Å². The van der Waals surface area contributed by atoms with E-state index >= 15 is 0 Å². The largest absolute Gasteiger partial charge is 0.355 e. The van der Waals surface area contributed by atoms with E-state index < -0.39 is 0 Å². The fraction of sp³-hybridized carbons (Fsp3) is 0.957. The third-order valence-electron chi connectivity index (χ3n) is 4.93. The summed E-state index contributed by atoms with van der Waals surface area (Å²) < 4.78 is 0. The molecule has 0 aromatic heterocycles. The molecule has 0 aliphatic carbocycles. The van der Waals surface area contributed by atoms with Crippen molar-refractivity contribution in [2.45, 2.75) is 119 Å². The number of unbranched alkanes of at least 4 members (excludes halogenated alkanes) is 6. The van der Waals surface area contributed by atoms with E-state index in [9.17, 15) is 4.79 Å². The van der Waals surface area contributed by atoms with Gasteiger partial charge in [-0.25, -0.2) is 0 Å². The molecule has 0 bridgehead atoms. The topological polar surface area (TPSA) is 29.1 Å². The summed E-state index contributed by atoms with van der Waals surface area (Å²) in [6.07, 6.45) is 13.3. The second-order valence-corrected chi connectivity index (χ2v) is 10.0. The maximum Gasteiger partial charge on any atom is 0.223 e. The first-order valence-corrected chi connectivity index (χ1v) is 10.9. The summed E-state index contributed by atoms with van der Waals surface area (Å²) in [6, 6.07) is 0. The van der Waals surface area contributed by atoms with Crippen LogP contribution in [0.1, 0.15) is 119 Å². The normalized spacial score (nSPS) is 12.6. The van der Waals surface area contributed by atoms with E-state index in [0.29, 0.717) is 11.3 Å². The molecular weight excluding hydrogens is 306 g/mol. The lowest BCUT2D eigenvalue weighted by atomic mass is 9.76. The summed E-state index contributed by atoms with van der Waals surface area (Å²) in [4.78, 5) is 12.8. The highest BCUT2D eigenvalue weighted by molar-refractivity contribution is 5.78. The molecule has 2 nitrogen and oxygen atoms in total. The Kier molecular flexibility index (Phi) is 12.5. The lowest BCUT2D eigenvalue weighted by molar-refractivity contribution is -0.126. The molecule has 0 aromatic carbocycles. The van der Waals surface area contributed by atoms with Gasteiger partial charge in [0, 0.05) is 12.5 Å². The predicted molar refractivity (Wildman–Crippen MR) is 112 cm³/mol. The highest BCUT2D eigenvalue weighted by Gasteiger charge is 2.27. The number of carbonyl (C=O) groups is 1. The van der Waals surface area contributed by atoms with Crippen LogP contribution in [0.4, 0.5) is 0 Å². The van der Waals surface area contributed by atoms with Crippen LogP contribution in [-0.4, -0.2) is 12.5 Å². The second kappa shape index (κ2) is 12.8. The number of rotatable bonds is 14. The van der Waals surface area contributed by atoms with Crippen LogP contribution >= 0.6 is 0 Å². The lowest BCUT2D eigenvalue weighted by Crippen LogP contribution is -2.39. The maximum absolute atomic E-state index is 12.8. The SMILES string of the molecule is CCCCCCC(CCCCCC)C(=O)NCC(C)(C)CC(C)(C)C. The molecule has 0 rings (SSSR count). The maximum atomic E-state index is 12.8. The van der Waals surface area contributed by atoms with Gasteiger partial charge in [0.2, 0.25) is 5.91 Å². The van der Waals surface area contributed by atoms with Gasteiger partial charge in [-0.1, -0.05) is 99.8 Å². The molecule has 25 heavy (non-hydrogen) atoms. The quantitative estimate of drug-likeness (QED) is 0.331. The van der Waals surface area contributed by atoms with Gasteiger partial charge in [-0.15, -0.1) is 0 Å². The van der Waals surface area contributed by atoms with Gasteiger partial charge in [-0.2, -0.15) is 0 Å². The molecule has 0 saturated heterocycles. The summed E-state index contributed by atoms with van der Waals surface area (Å²) in [5.41, 5.74) is 0.455. The van der Waals surface area contributed by atoms with Gasteiger partial charge >= 0.3 is 0 Å². The highest BCUT2D eigenvalue weighted by Crippen LogP contribution is 2.32. The van der Waals surface area contributed by atoms with Gasteiger partial charge in [0.1, 0.15) is 0 Å². The van der Waals surface area contributed by atoms with Crippen LogP contribution < -0.4 is 5.32 Å². The first kappa shape index (κ1) is 24.5. The van der Waals surface area contributed by atoms with E-state index in [0.717, 1.165) is 25.8 Å². The standard InChI is InChI=1S/C23H47NO/c1-8-10-12-14-16-20(17-15-13-11-9-2)21(25)24-19-23(6,7)18-22(3,4)5/h20H,8-19H2,1-7H3,(H,24,25). The molecule has 0 radical (unpaired) electrons. The molecule has 0 aliphatic heterocycles. The second-order valence-electron chi connectivity index (χ2n) is 10.0. The van der Waals surface area contributed by atoms with Crippen molar-refractivity contribution < 1.29 is 4.79 Å². The van der Waals surface area contributed by atoms with Gasteiger partial charge < -0.3 is 5.32 Å². The summed E-state index contributed by atoms with van der Waals surface area (Å²) in [5.74, 6) is 0.522. The molecule has 0 aromatic rings. The van der Waals surface area contributed by atoms with Crippen LogP contribution in [0, 0.1) is 16.7 Å². The monoisotopic (exact) mass is 353 g/mol. The smallest absolute Gasteiger partial charge is 0.223 e. The minimum absolute atomic E-state index is 0.156. The zero-order valence-corrected chi connectivity index (χ0v) is 18.5. The summed E-state index contributed by atoms with van der Waals surface area (Å²) >= 11 is 0. The van der Waals surface area contributed by atoms with Crippen molar-refractivity contribution in [3.8, 4) is 0 Å². The van der Waals surface area contributed by atoms with E-state index in [4.69, 9.17) is 0 Å². The Bertz CT molecular complexity index is 328. The number of nitrogens with one attached hydrogen (secondary N) is 1. The molecule has 0 saturated carbocycles. The molecule has 1 amide bonds. The molecule has 0 aliphatic rings. The molecule has 2 heteroatoms. The summed E-state index contributed by atoms with van der Waals surface area (Å²) in [6.45, 7) is 16.7. The Morgan fingerprint density at radius 2 is 1.28 bits per heavy atom. The third-order valence-corrected chi connectivity index (χ3v) is 4.93. The van der Waals surface area contributed by atoms with Gasteiger partial charge in [-0.3, -0.25) is 4.79 Å². The average molecular weight is 354 g/mol. The Hall–Kier alpha value is -0.530. The first-order valence-electron chi connectivity index (χ1n) is 10.9. The van der Waals surface area contributed by atoms with Crippen LogP contribution in [0.3, 0.4) is 0 Å². The molecule has 1 N–H and O–H groups in total. The van der Waals surface area contributed by atoms with Crippen LogP contribution in [-0.2, 0) is 4.79 Å². The molecule has 0 unspecified atom stereocenters. The number of carbonyl (C=O) groups excluding carboxylic acids is 1. The minimum atomic E-state index is 0.156. The van der Waals surface area contributed by atoms with Gasteiger partial charge in [0.25, 0.3) is 0 Å². The summed E-state index contributed by atoms with van der Waals surface area (Å²) in [7, 11) is 0. The van der Waals surface area contributed by atoms with Crippen LogP contribution in [0.5, 0.6) is 0 Å². The highest BCUT2D eigenvalue weighted by atomic mass is 16.1. The Morgan fingerprint density at radius 1 is 0.800 bits per heavy atom. The summed E-state index contributed by atoms with van der Waals surface area (Å²) in [5, 5.41) is 3.29. The molecule has 0 fully saturated rings. The van der Waals surface area contributed by atoms with Crippen LogP contribution in [0.15, 0.2) is 0 Å². The van der Waals surface area contributed by atoms with Gasteiger partial charge in [-0.05, 0) is 30.1 Å². The fourth-order valence-corrected chi connectivity index (χ4v) is 4.01. The van der Waals surface area contributed by atoms with E-state index in [1.54, 1.807) is 0 Å². The fourth-order valence-electron chi connectivity index (χ4n) is 4.01. The number of amides is 1. The zero-order chi connectivity index (χ0) is 19.3. The van der Waals surface area contributed by atoms with Crippen LogP contribution in [0.25, 0.3) is 0 Å². The lowest BCUT2D eigenvalue weighted by Gasteiger charge is -2.33. The number of hydrogen-bond donors (Lipinski definition) is 1. The molecule has 150 valence electrons. The van der Waals surface area contributed by atoms with E-state index in [1.807, 2.05) is 0 Å². The van der Waals surface area contributed by atoms with Gasteiger partial charge in [0.05, 0.1) is 0 Å². The average Bonchev–Trinajstić information content (AvgIpc) is 2.49. The van der Waals surface area contributed by atoms with Crippen molar-refractivity contribution in [2.75, 3.05) is 6.54 Å². The van der Waals surface area contributed by atoms with Crippen molar-refractivity contribution in [1.29, 1.82) is 0 Å². The van der Waals surface area contributed by atoms with Crippen molar-refractivity contribution in [3.05, 3.63) is 0 Å². The van der Waals surface area contributed by atoms with Crippen molar-refractivity contribution >= 4 is 5.91 Å².